The van der Waals surface area contributed by atoms with Gasteiger partial charge in [-0.25, -0.2) is 12.8 Å². The quantitative estimate of drug-likeness (QED) is 0.292. The van der Waals surface area contributed by atoms with E-state index in [9.17, 15) is 22.7 Å². The third kappa shape index (κ3) is 5.56. The van der Waals surface area contributed by atoms with Gasteiger partial charge < -0.3 is 15.8 Å². The number of sulfonamides is 1. The first-order valence-electron chi connectivity index (χ1n) is 9.41. The lowest BCUT2D eigenvalue weighted by molar-refractivity contribution is -0.112. The largest absolute Gasteiger partial charge is 0.511 e. The fourth-order valence-electron chi connectivity index (χ4n) is 2.80. The fraction of sp³-hybridized carbons (Fsp3) is 0.333. The number of nitrogens with one attached hydrogen (secondary N) is 3. The molecule has 1 aliphatic rings. The van der Waals surface area contributed by atoms with E-state index in [1.54, 1.807) is 26.0 Å². The molecule has 0 unspecified atom stereocenters. The smallest absolute Gasteiger partial charge is 0.264 e. The summed E-state index contributed by atoms with van der Waals surface area (Å²) >= 11 is 0. The molecule has 0 heterocycles. The van der Waals surface area contributed by atoms with Crippen molar-refractivity contribution in [2.75, 3.05) is 5.32 Å². The Morgan fingerprint density at radius 2 is 1.90 bits per heavy atom. The van der Waals surface area contributed by atoms with Crippen LogP contribution in [-0.4, -0.2) is 25.1 Å². The molecule has 1 amide bonds. The van der Waals surface area contributed by atoms with Gasteiger partial charge in [0.2, 0.25) is 0 Å². The first-order chi connectivity index (χ1) is 13.9. The Bertz CT molecular complexity index is 1070. The maximum absolute atomic E-state index is 14.3. The van der Waals surface area contributed by atoms with Gasteiger partial charge in [0.1, 0.15) is 16.5 Å². The minimum atomic E-state index is -4.21. The molecular formula is C21H26FN3O4S. The van der Waals surface area contributed by atoms with Crippen LogP contribution in [0, 0.1) is 17.1 Å². The number of carbonyl (C=O) groups excluding carboxylic acids is 1. The zero-order chi connectivity index (χ0) is 22.6. The highest BCUT2D eigenvalue weighted by atomic mass is 32.2. The van der Waals surface area contributed by atoms with Crippen molar-refractivity contribution >= 4 is 27.3 Å². The average molecular weight is 436 g/mol. The van der Waals surface area contributed by atoms with Crippen molar-refractivity contribution in [2.45, 2.75) is 45.4 Å². The highest BCUT2D eigenvalue weighted by molar-refractivity contribution is 7.89. The Morgan fingerprint density at radius 1 is 1.23 bits per heavy atom. The molecule has 0 fully saturated rings. The van der Waals surface area contributed by atoms with Crippen molar-refractivity contribution in [3.63, 3.8) is 0 Å². The van der Waals surface area contributed by atoms with Crippen molar-refractivity contribution in [3.8, 4) is 0 Å². The van der Waals surface area contributed by atoms with Gasteiger partial charge >= 0.3 is 0 Å². The number of aliphatic hydroxyl groups is 1. The van der Waals surface area contributed by atoms with Gasteiger partial charge in [-0.2, -0.15) is 0 Å². The van der Waals surface area contributed by atoms with Crippen LogP contribution in [0.1, 0.15) is 40.5 Å². The van der Waals surface area contributed by atoms with E-state index >= 15 is 0 Å². The summed E-state index contributed by atoms with van der Waals surface area (Å²) in [5, 5.41) is 20.3. The molecule has 0 aliphatic heterocycles. The second-order valence-corrected chi connectivity index (χ2v) is 9.10. The van der Waals surface area contributed by atoms with E-state index in [4.69, 9.17) is 5.41 Å². The van der Waals surface area contributed by atoms with Crippen LogP contribution in [0.5, 0.6) is 0 Å². The van der Waals surface area contributed by atoms with E-state index in [1.807, 2.05) is 6.92 Å². The standard InChI is InChI=1S/C21H26FN3O4S/c1-12(2)20(26)19(14(4)23)21(27)24-16-9-10-17(22)18(11-16)30(28,29)25-15-7-5-13(3)6-8-15/h5,7,9-12,23,25-26H,6,8H2,1-4H3,(H,24,27)/b20-19+,23-14?. The van der Waals surface area contributed by atoms with Gasteiger partial charge in [-0.3, -0.25) is 9.52 Å². The number of anilines is 1. The maximum atomic E-state index is 14.3. The zero-order valence-electron chi connectivity index (χ0n) is 17.3. The lowest BCUT2D eigenvalue weighted by atomic mass is 10.0. The van der Waals surface area contributed by atoms with Crippen molar-refractivity contribution in [2.24, 2.45) is 5.92 Å². The third-order valence-corrected chi connectivity index (χ3v) is 5.93. The summed E-state index contributed by atoms with van der Waals surface area (Å²) in [6.45, 7) is 6.61. The fourth-order valence-corrected chi connectivity index (χ4v) is 4.03. The molecule has 0 spiro atoms. The molecule has 4 N–H and O–H groups in total. The van der Waals surface area contributed by atoms with E-state index in [-0.39, 0.29) is 28.6 Å². The molecule has 2 rings (SSSR count). The molecule has 30 heavy (non-hydrogen) atoms. The third-order valence-electron chi connectivity index (χ3n) is 4.51. The monoisotopic (exact) mass is 435 g/mol. The van der Waals surface area contributed by atoms with Gasteiger partial charge in [0.25, 0.3) is 15.9 Å². The molecular weight excluding hydrogens is 409 g/mol. The lowest BCUT2D eigenvalue weighted by Crippen LogP contribution is -2.25. The molecule has 0 atom stereocenters. The van der Waals surface area contributed by atoms with Crippen LogP contribution in [0.2, 0.25) is 0 Å². The van der Waals surface area contributed by atoms with Crippen LogP contribution in [-0.2, 0) is 14.8 Å². The summed E-state index contributed by atoms with van der Waals surface area (Å²) in [6.07, 6.45) is 4.62. The van der Waals surface area contributed by atoms with Crippen LogP contribution in [0.3, 0.4) is 0 Å². The number of halogens is 1. The number of rotatable bonds is 7. The SMILES string of the molecule is CC(=N)/C(C(=O)Nc1ccc(F)c(S(=O)(=O)NC2=CC=C(C)CC2)c1)=C(\O)C(C)C. The molecule has 0 saturated heterocycles. The topological polar surface area (TPSA) is 119 Å². The Kier molecular flexibility index (Phi) is 7.20. The number of amides is 1. The normalized spacial score (nSPS) is 15.1. The van der Waals surface area contributed by atoms with Gasteiger partial charge in [-0.1, -0.05) is 25.5 Å². The molecule has 0 aromatic heterocycles. The molecule has 7 nitrogen and oxygen atoms in total. The summed E-state index contributed by atoms with van der Waals surface area (Å²) in [4.78, 5) is 11.9. The maximum Gasteiger partial charge on any atom is 0.264 e. The van der Waals surface area contributed by atoms with E-state index in [0.717, 1.165) is 17.7 Å². The molecule has 1 aromatic carbocycles. The van der Waals surface area contributed by atoms with Crippen LogP contribution < -0.4 is 10.0 Å². The lowest BCUT2D eigenvalue weighted by Gasteiger charge is -2.16. The minimum Gasteiger partial charge on any atom is -0.511 e. The van der Waals surface area contributed by atoms with Crippen molar-refractivity contribution in [3.05, 3.63) is 58.8 Å². The second kappa shape index (κ2) is 9.25. The zero-order valence-corrected chi connectivity index (χ0v) is 18.2. The number of hydrogen-bond donors (Lipinski definition) is 4. The first-order valence-corrected chi connectivity index (χ1v) is 10.9. The Hall–Kier alpha value is -2.94. The molecule has 9 heteroatoms. The predicted molar refractivity (Wildman–Crippen MR) is 114 cm³/mol. The van der Waals surface area contributed by atoms with E-state index in [0.29, 0.717) is 18.5 Å². The summed E-state index contributed by atoms with van der Waals surface area (Å²) in [7, 11) is -4.21. The van der Waals surface area contributed by atoms with Gasteiger partial charge in [-0.05, 0) is 51.0 Å². The van der Waals surface area contributed by atoms with Gasteiger partial charge in [0, 0.05) is 23.0 Å². The minimum absolute atomic E-state index is 0.0189. The van der Waals surface area contributed by atoms with Crippen molar-refractivity contribution < 1.29 is 22.7 Å². The van der Waals surface area contributed by atoms with E-state index in [1.165, 1.54) is 13.0 Å². The summed E-state index contributed by atoms with van der Waals surface area (Å²) < 4.78 is 42.0. The summed E-state index contributed by atoms with van der Waals surface area (Å²) in [6, 6.07) is 3.15. The van der Waals surface area contributed by atoms with E-state index in [2.05, 4.69) is 10.0 Å². The highest BCUT2D eigenvalue weighted by Crippen LogP contribution is 2.24. The van der Waals surface area contributed by atoms with Crippen LogP contribution in [0.25, 0.3) is 0 Å². The predicted octanol–water partition coefficient (Wildman–Crippen LogP) is 4.17. The van der Waals surface area contributed by atoms with Gasteiger partial charge in [0.05, 0.1) is 5.57 Å². The molecule has 1 aliphatic carbocycles. The average Bonchev–Trinajstić information content (AvgIpc) is 2.64. The van der Waals surface area contributed by atoms with Crippen LogP contribution in [0.4, 0.5) is 10.1 Å². The van der Waals surface area contributed by atoms with Crippen molar-refractivity contribution in [1.82, 2.24) is 4.72 Å². The highest BCUT2D eigenvalue weighted by Gasteiger charge is 2.24. The van der Waals surface area contributed by atoms with Crippen molar-refractivity contribution in [1.29, 1.82) is 5.41 Å². The molecule has 0 bridgehead atoms. The number of hydrogen-bond acceptors (Lipinski definition) is 5. The first kappa shape index (κ1) is 23.3. The number of allylic oxidation sites excluding steroid dienone is 5. The van der Waals surface area contributed by atoms with Crippen LogP contribution in [0.15, 0.2) is 57.8 Å². The summed E-state index contributed by atoms with van der Waals surface area (Å²) in [5.74, 6) is -2.40. The molecule has 1 aromatic rings. The Balaban J connectivity index is 2.34. The number of carbonyl (C=O) groups is 1. The van der Waals surface area contributed by atoms with Gasteiger partial charge in [-0.15, -0.1) is 0 Å². The van der Waals surface area contributed by atoms with Crippen LogP contribution >= 0.6 is 0 Å². The Labute approximate surface area is 175 Å². The molecule has 0 saturated carbocycles. The molecule has 162 valence electrons. The Morgan fingerprint density at radius 3 is 2.43 bits per heavy atom. The number of benzene rings is 1. The van der Waals surface area contributed by atoms with Gasteiger partial charge in [0.15, 0.2) is 0 Å². The second-order valence-electron chi connectivity index (χ2n) is 7.45. The summed E-state index contributed by atoms with van der Waals surface area (Å²) in [5.41, 5.74) is 1.21. The van der Waals surface area contributed by atoms with E-state index < -0.39 is 26.6 Å². The number of aliphatic hydroxyl groups excluding tert-OH is 1. The molecule has 0 radical (unpaired) electrons.